The quantitative estimate of drug-likeness (QED) is 0.890. The molecular weight excluding hydrogens is 329 g/mol. The number of amides is 1. The largest absolute Gasteiger partial charge is 0.319 e. The molecule has 20 heavy (non-hydrogen) atoms. The molecule has 104 valence electrons. The number of halogens is 2. The van der Waals surface area contributed by atoms with Crippen LogP contribution in [-0.2, 0) is 0 Å². The number of nitrogens with zero attached hydrogens (tertiary/aromatic N) is 3. The summed E-state index contributed by atoms with van der Waals surface area (Å²) in [5.74, 6) is -0.845. The molecule has 1 aromatic heterocycles. The van der Waals surface area contributed by atoms with Crippen LogP contribution in [0.15, 0.2) is 28.9 Å². The second kappa shape index (κ2) is 5.29. The van der Waals surface area contributed by atoms with E-state index in [0.29, 0.717) is 10.2 Å². The highest BCUT2D eigenvalue weighted by Crippen LogP contribution is 2.23. The average Bonchev–Trinajstić information content (AvgIpc) is 2.81. The highest BCUT2D eigenvalue weighted by atomic mass is 79.9. The van der Waals surface area contributed by atoms with Gasteiger partial charge in [0.15, 0.2) is 5.69 Å². The van der Waals surface area contributed by atoms with Crippen LogP contribution < -0.4 is 10.6 Å². The summed E-state index contributed by atoms with van der Waals surface area (Å²) < 4.78 is 15.4. The number of nitrogens with one attached hydrogen (secondary N) is 2. The number of carbonyl (C=O) groups is 1. The monoisotopic (exact) mass is 339 g/mol. The Labute approximate surface area is 122 Å². The molecule has 0 radical (unpaired) electrons. The SMILES string of the molecule is O=C(Nc1cc(F)ccc1Br)c1cn(C2CNC2)nn1. The normalized spacial score (nSPS) is 14.9. The van der Waals surface area contributed by atoms with E-state index in [1.165, 1.54) is 18.2 Å². The standard InChI is InChI=1S/C12H11BrFN5O/c13-9-2-1-7(14)3-10(9)16-12(20)11-6-19(18-17-11)8-4-15-5-8/h1-3,6,8,15H,4-5H2,(H,16,20). The molecule has 1 aliphatic heterocycles. The van der Waals surface area contributed by atoms with Gasteiger partial charge in [-0.15, -0.1) is 5.10 Å². The molecule has 2 N–H and O–H groups in total. The van der Waals surface area contributed by atoms with Crippen molar-refractivity contribution in [2.75, 3.05) is 18.4 Å². The lowest BCUT2D eigenvalue weighted by molar-refractivity contribution is 0.102. The number of rotatable bonds is 3. The van der Waals surface area contributed by atoms with Crippen LogP contribution in [-0.4, -0.2) is 34.0 Å². The third-order valence-corrected chi connectivity index (χ3v) is 3.75. The van der Waals surface area contributed by atoms with E-state index >= 15 is 0 Å². The van der Waals surface area contributed by atoms with E-state index in [1.807, 2.05) is 0 Å². The summed E-state index contributed by atoms with van der Waals surface area (Å²) in [6.07, 6.45) is 1.59. The predicted octanol–water partition coefficient (Wildman–Crippen LogP) is 1.58. The first-order chi connectivity index (χ1) is 9.63. The molecular formula is C12H11BrFN5O. The number of anilines is 1. The van der Waals surface area contributed by atoms with Crippen molar-refractivity contribution in [1.29, 1.82) is 0 Å². The van der Waals surface area contributed by atoms with E-state index in [4.69, 9.17) is 0 Å². The van der Waals surface area contributed by atoms with Crippen molar-refractivity contribution in [3.63, 3.8) is 0 Å². The predicted molar refractivity (Wildman–Crippen MR) is 74.0 cm³/mol. The van der Waals surface area contributed by atoms with Crippen molar-refractivity contribution >= 4 is 27.5 Å². The molecule has 0 aliphatic carbocycles. The number of carbonyl (C=O) groups excluding carboxylic acids is 1. The van der Waals surface area contributed by atoms with Crippen LogP contribution in [0.2, 0.25) is 0 Å². The van der Waals surface area contributed by atoms with Crippen LogP contribution in [0.1, 0.15) is 16.5 Å². The molecule has 0 atom stereocenters. The molecule has 2 aromatic rings. The maximum absolute atomic E-state index is 13.2. The van der Waals surface area contributed by atoms with E-state index < -0.39 is 11.7 Å². The zero-order chi connectivity index (χ0) is 14.1. The molecule has 1 saturated heterocycles. The third-order valence-electron chi connectivity index (χ3n) is 3.05. The molecule has 0 unspecified atom stereocenters. The number of aromatic nitrogens is 3. The van der Waals surface area contributed by atoms with Gasteiger partial charge in [-0.2, -0.15) is 0 Å². The Balaban J connectivity index is 1.75. The topological polar surface area (TPSA) is 71.8 Å². The summed E-state index contributed by atoms with van der Waals surface area (Å²) in [7, 11) is 0. The van der Waals surface area contributed by atoms with Gasteiger partial charge in [0.2, 0.25) is 0 Å². The minimum Gasteiger partial charge on any atom is -0.319 e. The molecule has 8 heteroatoms. The van der Waals surface area contributed by atoms with Gasteiger partial charge in [0.25, 0.3) is 5.91 Å². The van der Waals surface area contributed by atoms with Crippen molar-refractivity contribution in [1.82, 2.24) is 20.3 Å². The van der Waals surface area contributed by atoms with E-state index in [2.05, 4.69) is 36.9 Å². The van der Waals surface area contributed by atoms with Gasteiger partial charge in [0, 0.05) is 17.6 Å². The molecule has 3 rings (SSSR count). The molecule has 0 saturated carbocycles. The number of benzene rings is 1. The Morgan fingerprint density at radius 2 is 2.30 bits per heavy atom. The third kappa shape index (κ3) is 2.56. The van der Waals surface area contributed by atoms with Crippen LogP contribution in [0.25, 0.3) is 0 Å². The van der Waals surface area contributed by atoms with Gasteiger partial charge in [0.1, 0.15) is 5.82 Å². The van der Waals surface area contributed by atoms with Crippen LogP contribution in [0.3, 0.4) is 0 Å². The Morgan fingerprint density at radius 1 is 1.50 bits per heavy atom. The van der Waals surface area contributed by atoms with E-state index in [9.17, 15) is 9.18 Å². The van der Waals surface area contributed by atoms with Crippen LogP contribution >= 0.6 is 15.9 Å². The molecule has 1 aliphatic rings. The lowest BCUT2D eigenvalue weighted by Crippen LogP contribution is -2.43. The number of hydrogen-bond acceptors (Lipinski definition) is 4. The Bertz CT molecular complexity index is 655. The average molecular weight is 340 g/mol. The maximum Gasteiger partial charge on any atom is 0.277 e. The summed E-state index contributed by atoms with van der Waals surface area (Å²) in [5, 5.41) is 13.5. The summed E-state index contributed by atoms with van der Waals surface area (Å²) >= 11 is 3.25. The van der Waals surface area contributed by atoms with E-state index in [0.717, 1.165) is 13.1 Å². The lowest BCUT2D eigenvalue weighted by Gasteiger charge is -2.26. The molecule has 2 heterocycles. The van der Waals surface area contributed by atoms with Gasteiger partial charge in [0.05, 0.1) is 17.9 Å². The Kier molecular flexibility index (Phi) is 3.49. The van der Waals surface area contributed by atoms with Gasteiger partial charge < -0.3 is 10.6 Å². The van der Waals surface area contributed by atoms with Crippen LogP contribution in [0, 0.1) is 5.82 Å². The molecule has 0 bridgehead atoms. The Hall–Kier alpha value is -1.80. The van der Waals surface area contributed by atoms with Gasteiger partial charge in [-0.25, -0.2) is 9.07 Å². The molecule has 0 spiro atoms. The van der Waals surface area contributed by atoms with Crippen molar-refractivity contribution < 1.29 is 9.18 Å². The van der Waals surface area contributed by atoms with Gasteiger partial charge in [-0.1, -0.05) is 5.21 Å². The molecule has 6 nitrogen and oxygen atoms in total. The first-order valence-corrected chi connectivity index (χ1v) is 6.82. The van der Waals surface area contributed by atoms with Gasteiger partial charge >= 0.3 is 0 Å². The zero-order valence-electron chi connectivity index (χ0n) is 10.3. The lowest BCUT2D eigenvalue weighted by atomic mass is 10.2. The first kappa shape index (κ1) is 13.2. The molecule has 1 amide bonds. The fourth-order valence-corrected chi connectivity index (χ4v) is 2.15. The zero-order valence-corrected chi connectivity index (χ0v) is 11.9. The van der Waals surface area contributed by atoms with Gasteiger partial charge in [-0.3, -0.25) is 4.79 Å². The minimum absolute atomic E-state index is 0.202. The minimum atomic E-state index is -0.423. The van der Waals surface area contributed by atoms with Crippen molar-refractivity contribution in [3.8, 4) is 0 Å². The smallest absolute Gasteiger partial charge is 0.277 e. The second-order valence-corrected chi connectivity index (χ2v) is 5.33. The Morgan fingerprint density at radius 3 is 3.00 bits per heavy atom. The fourth-order valence-electron chi connectivity index (χ4n) is 1.80. The second-order valence-electron chi connectivity index (χ2n) is 4.47. The van der Waals surface area contributed by atoms with Crippen molar-refractivity contribution in [2.45, 2.75) is 6.04 Å². The first-order valence-electron chi connectivity index (χ1n) is 6.02. The fraction of sp³-hybridized carbons (Fsp3) is 0.250. The maximum atomic E-state index is 13.2. The van der Waals surface area contributed by atoms with Crippen LogP contribution in [0.4, 0.5) is 10.1 Å². The summed E-state index contributed by atoms with van der Waals surface area (Å²) in [4.78, 5) is 12.0. The summed E-state index contributed by atoms with van der Waals surface area (Å²) in [6.45, 7) is 1.64. The summed E-state index contributed by atoms with van der Waals surface area (Å²) in [5.41, 5.74) is 0.558. The van der Waals surface area contributed by atoms with Gasteiger partial charge in [-0.05, 0) is 34.1 Å². The molecule has 1 fully saturated rings. The van der Waals surface area contributed by atoms with E-state index in [1.54, 1.807) is 10.9 Å². The van der Waals surface area contributed by atoms with E-state index in [-0.39, 0.29) is 11.7 Å². The molecule has 1 aromatic carbocycles. The highest BCUT2D eigenvalue weighted by Gasteiger charge is 2.21. The van der Waals surface area contributed by atoms with Crippen LogP contribution in [0.5, 0.6) is 0 Å². The van der Waals surface area contributed by atoms with Crippen molar-refractivity contribution in [3.05, 3.63) is 40.4 Å². The summed E-state index contributed by atoms with van der Waals surface area (Å²) in [6, 6.07) is 4.31. The van der Waals surface area contributed by atoms with Crippen molar-refractivity contribution in [2.24, 2.45) is 0 Å². The number of hydrogen-bond donors (Lipinski definition) is 2. The highest BCUT2D eigenvalue weighted by molar-refractivity contribution is 9.10.